The summed E-state index contributed by atoms with van der Waals surface area (Å²) in [5.74, 6) is -1.12. The Bertz CT molecular complexity index is 562. The van der Waals surface area contributed by atoms with E-state index in [1.54, 1.807) is 0 Å². The molecule has 6 heteroatoms. The molecule has 104 valence electrons. The molecule has 1 aliphatic rings. The van der Waals surface area contributed by atoms with Crippen LogP contribution in [-0.2, 0) is 9.84 Å². The minimum atomic E-state index is -3.63. The van der Waals surface area contributed by atoms with Gasteiger partial charge in [0, 0.05) is 6.20 Å². The number of carboxylic acids is 1. The summed E-state index contributed by atoms with van der Waals surface area (Å²) in [5.41, 5.74) is -0.238. The third-order valence-corrected chi connectivity index (χ3v) is 5.30. The summed E-state index contributed by atoms with van der Waals surface area (Å²) in [6.45, 7) is 0. The predicted octanol–water partition coefficient (Wildman–Crippen LogP) is 2.13. The van der Waals surface area contributed by atoms with Gasteiger partial charge in [-0.15, -0.1) is 0 Å². The van der Waals surface area contributed by atoms with E-state index in [9.17, 15) is 13.2 Å². The lowest BCUT2D eigenvalue weighted by atomic mass is 9.91. The first-order valence-electron chi connectivity index (χ1n) is 6.42. The van der Waals surface area contributed by atoms with Crippen LogP contribution in [0.5, 0.6) is 0 Å². The first-order chi connectivity index (χ1) is 9.00. The Morgan fingerprint density at radius 1 is 1.32 bits per heavy atom. The maximum atomic E-state index is 12.3. The third kappa shape index (κ3) is 3.32. The summed E-state index contributed by atoms with van der Waals surface area (Å²) in [4.78, 5) is 14.8. The molecule has 1 N–H and O–H groups in total. The molecule has 1 heterocycles. The van der Waals surface area contributed by atoms with Crippen molar-refractivity contribution in [1.82, 2.24) is 4.98 Å². The van der Waals surface area contributed by atoms with Crippen molar-refractivity contribution in [1.29, 1.82) is 0 Å². The molecule has 0 atom stereocenters. The lowest BCUT2D eigenvalue weighted by Gasteiger charge is -2.21. The van der Waals surface area contributed by atoms with Crippen LogP contribution in [-0.4, -0.2) is 30.2 Å². The second-order valence-corrected chi connectivity index (χ2v) is 6.90. The fraction of sp³-hybridized carbons (Fsp3) is 0.538. The van der Waals surface area contributed by atoms with Crippen LogP contribution in [0.4, 0.5) is 0 Å². The van der Waals surface area contributed by atoms with Gasteiger partial charge in [-0.05, 0) is 30.9 Å². The van der Waals surface area contributed by atoms with Gasteiger partial charge in [0.15, 0.2) is 14.9 Å². The molecule has 0 amide bonds. The molecular formula is C13H17NO4S. The van der Waals surface area contributed by atoms with Gasteiger partial charge in [-0.3, -0.25) is 0 Å². The van der Waals surface area contributed by atoms with Crippen LogP contribution in [0.1, 0.15) is 42.5 Å². The molecule has 1 aliphatic carbocycles. The van der Waals surface area contributed by atoms with E-state index in [1.807, 2.05) is 0 Å². The second kappa shape index (κ2) is 5.69. The van der Waals surface area contributed by atoms with Gasteiger partial charge in [-0.2, -0.15) is 0 Å². The monoisotopic (exact) mass is 283 g/mol. The van der Waals surface area contributed by atoms with Crippen LogP contribution in [0.3, 0.4) is 0 Å². The number of carboxylic acid groups (broad SMARTS) is 1. The van der Waals surface area contributed by atoms with E-state index in [1.165, 1.54) is 18.3 Å². The number of aromatic carboxylic acids is 1. The quantitative estimate of drug-likeness (QED) is 0.915. The van der Waals surface area contributed by atoms with E-state index >= 15 is 0 Å². The highest BCUT2D eigenvalue weighted by Crippen LogP contribution is 2.27. The fourth-order valence-corrected chi connectivity index (χ4v) is 4.37. The van der Waals surface area contributed by atoms with Gasteiger partial charge in [0.05, 0.1) is 11.3 Å². The van der Waals surface area contributed by atoms with Crippen molar-refractivity contribution in [2.75, 3.05) is 5.75 Å². The average Bonchev–Trinajstić information content (AvgIpc) is 2.39. The van der Waals surface area contributed by atoms with Gasteiger partial charge < -0.3 is 5.11 Å². The number of rotatable bonds is 4. The SMILES string of the molecule is O=C(O)c1cccnc1S(=O)(=O)CC1CCCCC1. The molecule has 0 spiro atoms. The molecule has 1 fully saturated rings. The minimum Gasteiger partial charge on any atom is -0.478 e. The second-order valence-electron chi connectivity index (χ2n) is 4.95. The topological polar surface area (TPSA) is 84.3 Å². The average molecular weight is 283 g/mol. The molecule has 0 bridgehead atoms. The van der Waals surface area contributed by atoms with Crippen molar-refractivity contribution in [3.05, 3.63) is 23.9 Å². The summed E-state index contributed by atoms with van der Waals surface area (Å²) in [6, 6.07) is 2.71. The molecule has 0 unspecified atom stereocenters. The molecule has 0 aliphatic heterocycles. The van der Waals surface area contributed by atoms with E-state index in [2.05, 4.69) is 4.98 Å². The Kier molecular flexibility index (Phi) is 4.19. The first-order valence-corrected chi connectivity index (χ1v) is 8.07. The minimum absolute atomic E-state index is 0.00426. The zero-order chi connectivity index (χ0) is 13.9. The predicted molar refractivity (Wildman–Crippen MR) is 69.8 cm³/mol. The highest BCUT2D eigenvalue weighted by molar-refractivity contribution is 7.91. The third-order valence-electron chi connectivity index (χ3n) is 3.48. The maximum absolute atomic E-state index is 12.3. The fourth-order valence-electron chi connectivity index (χ4n) is 2.54. The zero-order valence-electron chi connectivity index (χ0n) is 10.6. The van der Waals surface area contributed by atoms with Crippen molar-refractivity contribution in [3.63, 3.8) is 0 Å². The molecule has 1 saturated carbocycles. The standard InChI is InChI=1S/C13H17NO4S/c15-13(16)11-7-4-8-14-12(11)19(17,18)9-10-5-2-1-3-6-10/h4,7-8,10H,1-3,5-6,9H2,(H,15,16). The van der Waals surface area contributed by atoms with Gasteiger partial charge in [-0.25, -0.2) is 18.2 Å². The first kappa shape index (κ1) is 14.0. The smallest absolute Gasteiger partial charge is 0.338 e. The van der Waals surface area contributed by atoms with Crippen LogP contribution >= 0.6 is 0 Å². The van der Waals surface area contributed by atoms with Crippen molar-refractivity contribution in [3.8, 4) is 0 Å². The van der Waals surface area contributed by atoms with Crippen molar-refractivity contribution in [2.24, 2.45) is 5.92 Å². The van der Waals surface area contributed by atoms with Crippen LogP contribution in [0.2, 0.25) is 0 Å². The van der Waals surface area contributed by atoms with Gasteiger partial charge in [-0.1, -0.05) is 19.3 Å². The van der Waals surface area contributed by atoms with E-state index in [4.69, 9.17) is 5.11 Å². The van der Waals surface area contributed by atoms with Crippen molar-refractivity contribution >= 4 is 15.8 Å². The summed E-state index contributed by atoms with van der Waals surface area (Å²) in [7, 11) is -3.63. The molecule has 2 rings (SSSR count). The summed E-state index contributed by atoms with van der Waals surface area (Å²) in [6.07, 6.45) is 6.37. The lowest BCUT2D eigenvalue weighted by Crippen LogP contribution is -2.21. The van der Waals surface area contributed by atoms with Crippen LogP contribution in [0.15, 0.2) is 23.4 Å². The van der Waals surface area contributed by atoms with E-state index in [-0.39, 0.29) is 22.3 Å². The van der Waals surface area contributed by atoms with Gasteiger partial charge in [0.1, 0.15) is 0 Å². The Morgan fingerprint density at radius 3 is 2.63 bits per heavy atom. The highest BCUT2D eigenvalue weighted by Gasteiger charge is 2.27. The molecule has 5 nitrogen and oxygen atoms in total. The van der Waals surface area contributed by atoms with Crippen LogP contribution in [0, 0.1) is 5.92 Å². The molecule has 0 aromatic carbocycles. The largest absolute Gasteiger partial charge is 0.478 e. The highest BCUT2D eigenvalue weighted by atomic mass is 32.2. The summed E-state index contributed by atoms with van der Waals surface area (Å²) in [5, 5.41) is 8.73. The lowest BCUT2D eigenvalue weighted by molar-refractivity contribution is 0.0691. The zero-order valence-corrected chi connectivity index (χ0v) is 11.4. The molecule has 1 aromatic heterocycles. The number of hydrogen-bond donors (Lipinski definition) is 1. The van der Waals surface area contributed by atoms with Gasteiger partial charge in [0.25, 0.3) is 0 Å². The summed E-state index contributed by atoms with van der Waals surface area (Å²) < 4.78 is 24.6. The van der Waals surface area contributed by atoms with E-state index < -0.39 is 15.8 Å². The maximum Gasteiger partial charge on any atom is 0.338 e. The van der Waals surface area contributed by atoms with Crippen LogP contribution in [0.25, 0.3) is 0 Å². The molecular weight excluding hydrogens is 266 g/mol. The van der Waals surface area contributed by atoms with Crippen LogP contribution < -0.4 is 0 Å². The number of aromatic nitrogens is 1. The van der Waals surface area contributed by atoms with Gasteiger partial charge >= 0.3 is 5.97 Å². The molecule has 1 aromatic rings. The number of carbonyl (C=O) groups is 1. The summed E-state index contributed by atoms with van der Waals surface area (Å²) >= 11 is 0. The number of pyridine rings is 1. The Hall–Kier alpha value is -1.43. The molecule has 0 saturated heterocycles. The van der Waals surface area contributed by atoms with Crippen molar-refractivity contribution < 1.29 is 18.3 Å². The Morgan fingerprint density at radius 2 is 2.00 bits per heavy atom. The number of nitrogens with zero attached hydrogens (tertiary/aromatic N) is 1. The van der Waals surface area contributed by atoms with E-state index in [0.717, 1.165) is 32.1 Å². The van der Waals surface area contributed by atoms with E-state index in [0.29, 0.717) is 0 Å². The van der Waals surface area contributed by atoms with Crippen molar-refractivity contribution in [2.45, 2.75) is 37.1 Å². The Balaban J connectivity index is 2.26. The Labute approximate surface area is 112 Å². The number of hydrogen-bond acceptors (Lipinski definition) is 4. The molecule has 19 heavy (non-hydrogen) atoms. The molecule has 0 radical (unpaired) electrons. The van der Waals surface area contributed by atoms with Gasteiger partial charge in [0.2, 0.25) is 0 Å². The number of sulfone groups is 1. The normalized spacial score (nSPS) is 17.3.